The zero-order valence-corrected chi connectivity index (χ0v) is 11.0. The molecular weight excluding hydrogens is 256 g/mol. The molecule has 0 N–H and O–H groups in total. The smallest absolute Gasteiger partial charge is 0.169 e. The van der Waals surface area contributed by atoms with Crippen molar-refractivity contribution < 1.29 is 9.53 Å². The highest BCUT2D eigenvalue weighted by Crippen LogP contribution is 2.28. The van der Waals surface area contributed by atoms with Crippen LogP contribution in [0, 0.1) is 12.8 Å². The van der Waals surface area contributed by atoms with Gasteiger partial charge in [0.15, 0.2) is 5.78 Å². The summed E-state index contributed by atoms with van der Waals surface area (Å²) in [5, 5.41) is 0. The Labute approximate surface area is 98.8 Å². The van der Waals surface area contributed by atoms with Crippen molar-refractivity contribution in [3.8, 4) is 5.75 Å². The van der Waals surface area contributed by atoms with Crippen LogP contribution in [-0.2, 0) is 0 Å². The van der Waals surface area contributed by atoms with Crippen LogP contribution in [0.25, 0.3) is 0 Å². The second-order valence-corrected chi connectivity index (χ2v) is 4.67. The number of carbonyl (C=O) groups excluding carboxylic acids is 1. The molecule has 3 heteroatoms. The number of carbonyl (C=O) groups is 1. The largest absolute Gasteiger partial charge is 0.496 e. The summed E-state index contributed by atoms with van der Waals surface area (Å²) in [6, 6.07) is 3.70. The van der Waals surface area contributed by atoms with E-state index >= 15 is 0 Å². The maximum absolute atomic E-state index is 11.9. The molecule has 1 aromatic rings. The third kappa shape index (κ3) is 2.59. The highest BCUT2D eigenvalue weighted by Gasteiger charge is 2.16. The van der Waals surface area contributed by atoms with Gasteiger partial charge in [0.25, 0.3) is 0 Å². The quantitative estimate of drug-likeness (QED) is 0.785. The molecule has 0 heterocycles. The van der Waals surface area contributed by atoms with E-state index in [4.69, 9.17) is 4.74 Å². The number of benzene rings is 1. The minimum Gasteiger partial charge on any atom is -0.496 e. The van der Waals surface area contributed by atoms with Gasteiger partial charge in [-0.3, -0.25) is 4.79 Å². The van der Waals surface area contributed by atoms with Gasteiger partial charge in [-0.15, -0.1) is 0 Å². The van der Waals surface area contributed by atoms with Gasteiger partial charge in [0.1, 0.15) is 5.75 Å². The number of hydrogen-bond donors (Lipinski definition) is 0. The molecule has 0 aliphatic carbocycles. The van der Waals surface area contributed by atoms with Crippen LogP contribution in [0.15, 0.2) is 16.6 Å². The number of halogens is 1. The van der Waals surface area contributed by atoms with Crippen molar-refractivity contribution in [1.29, 1.82) is 0 Å². The average Bonchev–Trinajstić information content (AvgIpc) is 2.20. The first-order valence-corrected chi connectivity index (χ1v) is 5.65. The number of hydrogen-bond acceptors (Lipinski definition) is 2. The standard InChI is InChI=1S/C12H15BrO2/c1-7(2)12(14)9-6-10(13)8(3)5-11(9)15-4/h5-7H,1-4H3. The number of Topliss-reactive ketones (excluding diaryl/α,β-unsaturated/α-hetero) is 1. The Hall–Kier alpha value is -0.830. The molecule has 0 atom stereocenters. The van der Waals surface area contributed by atoms with Gasteiger partial charge in [0, 0.05) is 10.4 Å². The molecule has 0 bridgehead atoms. The lowest BCUT2D eigenvalue weighted by Crippen LogP contribution is -2.09. The first kappa shape index (κ1) is 12.2. The molecule has 0 aliphatic heterocycles. The van der Waals surface area contributed by atoms with E-state index in [1.165, 1.54) is 0 Å². The minimum atomic E-state index is -0.0199. The van der Waals surface area contributed by atoms with Gasteiger partial charge < -0.3 is 4.74 Å². The van der Waals surface area contributed by atoms with Gasteiger partial charge >= 0.3 is 0 Å². The summed E-state index contributed by atoms with van der Waals surface area (Å²) in [5.41, 5.74) is 1.71. The molecule has 0 saturated heterocycles. The number of ketones is 1. The van der Waals surface area contributed by atoms with E-state index < -0.39 is 0 Å². The molecule has 82 valence electrons. The van der Waals surface area contributed by atoms with Crippen LogP contribution < -0.4 is 4.74 Å². The Morgan fingerprint density at radius 1 is 1.40 bits per heavy atom. The van der Waals surface area contributed by atoms with Crippen molar-refractivity contribution in [3.63, 3.8) is 0 Å². The fourth-order valence-corrected chi connectivity index (χ4v) is 1.67. The van der Waals surface area contributed by atoms with Crippen molar-refractivity contribution in [2.24, 2.45) is 5.92 Å². The van der Waals surface area contributed by atoms with Crippen molar-refractivity contribution in [3.05, 3.63) is 27.7 Å². The van der Waals surface area contributed by atoms with Crippen LogP contribution in [0.4, 0.5) is 0 Å². The topological polar surface area (TPSA) is 26.3 Å². The van der Waals surface area contributed by atoms with Gasteiger partial charge in [-0.2, -0.15) is 0 Å². The molecule has 1 rings (SSSR count). The van der Waals surface area contributed by atoms with Crippen LogP contribution in [-0.4, -0.2) is 12.9 Å². The Morgan fingerprint density at radius 2 is 2.00 bits per heavy atom. The Bertz CT molecular complexity index is 383. The molecule has 0 aromatic heterocycles. The van der Waals surface area contributed by atoms with E-state index in [1.54, 1.807) is 7.11 Å². The van der Waals surface area contributed by atoms with Crippen LogP contribution >= 0.6 is 15.9 Å². The van der Waals surface area contributed by atoms with E-state index in [0.29, 0.717) is 11.3 Å². The van der Waals surface area contributed by atoms with Gasteiger partial charge in [0.2, 0.25) is 0 Å². The highest BCUT2D eigenvalue weighted by atomic mass is 79.9. The van der Waals surface area contributed by atoms with Crippen LogP contribution in [0.3, 0.4) is 0 Å². The molecule has 0 saturated carbocycles. The van der Waals surface area contributed by atoms with E-state index in [1.807, 2.05) is 32.9 Å². The van der Waals surface area contributed by atoms with Gasteiger partial charge in [-0.1, -0.05) is 29.8 Å². The fraction of sp³-hybridized carbons (Fsp3) is 0.417. The third-order valence-electron chi connectivity index (χ3n) is 2.27. The Balaban J connectivity index is 3.27. The van der Waals surface area contributed by atoms with Crippen LogP contribution in [0.2, 0.25) is 0 Å². The number of rotatable bonds is 3. The van der Waals surface area contributed by atoms with Crippen LogP contribution in [0.1, 0.15) is 29.8 Å². The number of ether oxygens (including phenoxy) is 1. The normalized spacial score (nSPS) is 10.5. The summed E-state index contributed by atoms with van der Waals surface area (Å²) >= 11 is 3.42. The molecular formula is C12H15BrO2. The summed E-state index contributed by atoms with van der Waals surface area (Å²) < 4.78 is 6.15. The average molecular weight is 271 g/mol. The lowest BCUT2D eigenvalue weighted by Gasteiger charge is -2.11. The van der Waals surface area contributed by atoms with E-state index in [0.717, 1.165) is 10.0 Å². The lowest BCUT2D eigenvalue weighted by molar-refractivity contribution is 0.0936. The van der Waals surface area contributed by atoms with Gasteiger partial charge in [0.05, 0.1) is 12.7 Å². The minimum absolute atomic E-state index is 0.0199. The third-order valence-corrected chi connectivity index (χ3v) is 3.12. The summed E-state index contributed by atoms with van der Waals surface area (Å²) in [6.07, 6.45) is 0. The number of methoxy groups -OCH3 is 1. The summed E-state index contributed by atoms with van der Waals surface area (Å²) in [7, 11) is 1.58. The predicted octanol–water partition coefficient (Wildman–Crippen LogP) is 3.60. The Kier molecular flexibility index (Phi) is 3.91. The molecule has 0 radical (unpaired) electrons. The molecule has 1 aromatic carbocycles. The van der Waals surface area contributed by atoms with Crippen molar-refractivity contribution in [2.45, 2.75) is 20.8 Å². The molecule has 0 unspecified atom stereocenters. The summed E-state index contributed by atoms with van der Waals surface area (Å²) in [5.74, 6) is 0.732. The first-order chi connectivity index (χ1) is 6.97. The molecule has 0 fully saturated rings. The monoisotopic (exact) mass is 270 g/mol. The zero-order chi connectivity index (χ0) is 11.6. The second-order valence-electron chi connectivity index (χ2n) is 3.82. The van der Waals surface area contributed by atoms with E-state index in [2.05, 4.69) is 15.9 Å². The van der Waals surface area contributed by atoms with Crippen molar-refractivity contribution >= 4 is 21.7 Å². The maximum atomic E-state index is 11.9. The summed E-state index contributed by atoms with van der Waals surface area (Å²) in [4.78, 5) is 11.9. The molecule has 2 nitrogen and oxygen atoms in total. The molecule has 0 amide bonds. The lowest BCUT2D eigenvalue weighted by atomic mass is 9.99. The van der Waals surface area contributed by atoms with E-state index in [-0.39, 0.29) is 11.7 Å². The predicted molar refractivity (Wildman–Crippen MR) is 64.6 cm³/mol. The highest BCUT2D eigenvalue weighted by molar-refractivity contribution is 9.10. The van der Waals surface area contributed by atoms with Gasteiger partial charge in [-0.05, 0) is 24.6 Å². The number of aryl methyl sites for hydroxylation is 1. The van der Waals surface area contributed by atoms with Crippen molar-refractivity contribution in [2.75, 3.05) is 7.11 Å². The Morgan fingerprint density at radius 3 is 2.47 bits per heavy atom. The first-order valence-electron chi connectivity index (χ1n) is 4.85. The molecule has 0 spiro atoms. The van der Waals surface area contributed by atoms with Gasteiger partial charge in [-0.25, -0.2) is 0 Å². The second kappa shape index (κ2) is 4.79. The van der Waals surface area contributed by atoms with E-state index in [9.17, 15) is 4.79 Å². The van der Waals surface area contributed by atoms with Crippen molar-refractivity contribution in [1.82, 2.24) is 0 Å². The molecule has 15 heavy (non-hydrogen) atoms. The molecule has 0 aliphatic rings. The fourth-order valence-electron chi connectivity index (χ4n) is 1.33. The summed E-state index contributed by atoms with van der Waals surface area (Å²) in [6.45, 7) is 5.74. The van der Waals surface area contributed by atoms with Crippen LogP contribution in [0.5, 0.6) is 5.75 Å². The SMILES string of the molecule is COc1cc(C)c(Br)cc1C(=O)C(C)C. The zero-order valence-electron chi connectivity index (χ0n) is 9.43. The maximum Gasteiger partial charge on any atom is 0.169 e.